The lowest BCUT2D eigenvalue weighted by Gasteiger charge is -2.15. The van der Waals surface area contributed by atoms with Crippen molar-refractivity contribution in [1.29, 1.82) is 0 Å². The van der Waals surface area contributed by atoms with Crippen LogP contribution in [0.1, 0.15) is 28.8 Å². The van der Waals surface area contributed by atoms with E-state index >= 15 is 0 Å². The van der Waals surface area contributed by atoms with Crippen molar-refractivity contribution in [3.05, 3.63) is 58.6 Å². The molecule has 1 aliphatic heterocycles. The Bertz CT molecular complexity index is 759. The molecule has 144 valence electrons. The molecule has 1 amide bonds. The van der Waals surface area contributed by atoms with Crippen molar-refractivity contribution >= 4 is 17.5 Å². The highest BCUT2D eigenvalue weighted by Gasteiger charge is 2.13. The van der Waals surface area contributed by atoms with Gasteiger partial charge in [0.05, 0.1) is 7.11 Å². The summed E-state index contributed by atoms with van der Waals surface area (Å²) in [5.41, 5.74) is 1.57. The van der Waals surface area contributed by atoms with Crippen LogP contribution in [0.2, 0.25) is 5.02 Å². The van der Waals surface area contributed by atoms with Gasteiger partial charge in [0.2, 0.25) is 0 Å². The van der Waals surface area contributed by atoms with Crippen LogP contribution in [-0.4, -0.2) is 44.1 Å². The highest BCUT2D eigenvalue weighted by Crippen LogP contribution is 2.29. The number of carbonyl (C=O) groups excluding carboxylic acids is 1. The molecule has 27 heavy (non-hydrogen) atoms. The highest BCUT2D eigenvalue weighted by atomic mass is 35.5. The fourth-order valence-electron chi connectivity index (χ4n) is 3.11. The molecule has 0 atom stereocenters. The Hall–Kier alpha value is -2.24. The van der Waals surface area contributed by atoms with Gasteiger partial charge in [0.15, 0.2) is 11.5 Å². The summed E-state index contributed by atoms with van der Waals surface area (Å²) < 4.78 is 11.2. The molecule has 0 aliphatic carbocycles. The Morgan fingerprint density at radius 2 is 1.85 bits per heavy atom. The second-order valence-corrected chi connectivity index (χ2v) is 7.02. The molecule has 1 N–H and O–H groups in total. The Balaban J connectivity index is 1.55. The molecule has 1 fully saturated rings. The number of nitrogens with zero attached hydrogens (tertiary/aromatic N) is 1. The van der Waals surface area contributed by atoms with Gasteiger partial charge in [-0.2, -0.15) is 0 Å². The van der Waals surface area contributed by atoms with Crippen LogP contribution in [0, 0.1) is 0 Å². The third-order valence-corrected chi connectivity index (χ3v) is 4.90. The van der Waals surface area contributed by atoms with E-state index in [1.165, 1.54) is 12.8 Å². The summed E-state index contributed by atoms with van der Waals surface area (Å²) in [6.45, 7) is 4.20. The van der Waals surface area contributed by atoms with Gasteiger partial charge in [-0.15, -0.1) is 0 Å². The van der Waals surface area contributed by atoms with Crippen molar-refractivity contribution in [3.8, 4) is 11.5 Å². The molecule has 0 saturated carbocycles. The number of halogens is 1. The molecule has 0 bridgehead atoms. The Labute approximate surface area is 165 Å². The van der Waals surface area contributed by atoms with Gasteiger partial charge in [0.1, 0.15) is 6.61 Å². The van der Waals surface area contributed by atoms with Crippen LogP contribution in [0.15, 0.2) is 42.5 Å². The van der Waals surface area contributed by atoms with E-state index in [0.29, 0.717) is 35.2 Å². The molecule has 2 aromatic carbocycles. The molecule has 0 spiro atoms. The van der Waals surface area contributed by atoms with Crippen LogP contribution in [0.4, 0.5) is 0 Å². The zero-order valence-electron chi connectivity index (χ0n) is 15.5. The first-order valence-electron chi connectivity index (χ1n) is 9.21. The molecule has 2 aromatic rings. The molecule has 0 aromatic heterocycles. The van der Waals surface area contributed by atoms with Crippen molar-refractivity contribution in [2.45, 2.75) is 19.4 Å². The summed E-state index contributed by atoms with van der Waals surface area (Å²) in [6.07, 6.45) is 2.51. The number of likely N-dealkylation sites (tertiary alicyclic amines) is 1. The predicted octanol–water partition coefficient (Wildman–Crippen LogP) is 3.75. The SMILES string of the molecule is COc1cc(C(=O)NCCN2CCCC2)ccc1OCc1ccc(Cl)cc1. The van der Waals surface area contributed by atoms with E-state index in [0.717, 1.165) is 25.2 Å². The first-order chi connectivity index (χ1) is 13.2. The molecule has 1 heterocycles. The summed E-state index contributed by atoms with van der Waals surface area (Å²) in [4.78, 5) is 14.7. The van der Waals surface area contributed by atoms with E-state index in [1.54, 1.807) is 25.3 Å². The molecule has 1 saturated heterocycles. The zero-order valence-corrected chi connectivity index (χ0v) is 16.3. The van der Waals surface area contributed by atoms with Crippen LogP contribution < -0.4 is 14.8 Å². The number of nitrogens with one attached hydrogen (secondary N) is 1. The maximum atomic E-state index is 12.4. The van der Waals surface area contributed by atoms with E-state index in [1.807, 2.05) is 24.3 Å². The Morgan fingerprint density at radius 3 is 2.56 bits per heavy atom. The minimum Gasteiger partial charge on any atom is -0.493 e. The first kappa shape index (κ1) is 19.5. The van der Waals surface area contributed by atoms with Gasteiger partial charge < -0.3 is 19.7 Å². The average molecular weight is 389 g/mol. The summed E-state index contributed by atoms with van der Waals surface area (Å²) in [7, 11) is 1.57. The van der Waals surface area contributed by atoms with Crippen LogP contribution in [-0.2, 0) is 6.61 Å². The second-order valence-electron chi connectivity index (χ2n) is 6.59. The lowest BCUT2D eigenvalue weighted by atomic mass is 10.2. The number of ether oxygens (including phenoxy) is 2. The fourth-order valence-corrected chi connectivity index (χ4v) is 3.23. The fraction of sp³-hybridized carbons (Fsp3) is 0.381. The summed E-state index contributed by atoms with van der Waals surface area (Å²) in [6, 6.07) is 12.7. The molecular weight excluding hydrogens is 364 g/mol. The van der Waals surface area contributed by atoms with E-state index < -0.39 is 0 Å². The van der Waals surface area contributed by atoms with Gasteiger partial charge in [-0.05, 0) is 61.8 Å². The minimum absolute atomic E-state index is 0.100. The number of amides is 1. The highest BCUT2D eigenvalue weighted by molar-refractivity contribution is 6.30. The average Bonchev–Trinajstić information content (AvgIpc) is 3.21. The number of benzene rings is 2. The molecule has 0 unspecified atom stereocenters. The third-order valence-electron chi connectivity index (χ3n) is 4.65. The number of rotatable bonds is 8. The molecular formula is C21H25ClN2O3. The number of hydrogen-bond acceptors (Lipinski definition) is 4. The molecule has 6 heteroatoms. The van der Waals surface area contributed by atoms with Crippen LogP contribution in [0.3, 0.4) is 0 Å². The zero-order chi connectivity index (χ0) is 19.1. The summed E-state index contributed by atoms with van der Waals surface area (Å²) in [5.74, 6) is 1.04. The summed E-state index contributed by atoms with van der Waals surface area (Å²) in [5, 5.41) is 3.66. The monoisotopic (exact) mass is 388 g/mol. The standard InChI is InChI=1S/C21H25ClN2O3/c1-26-20-14-17(21(25)23-10-13-24-11-2-3-12-24)6-9-19(20)27-15-16-4-7-18(22)8-5-16/h4-9,14H,2-3,10-13,15H2,1H3,(H,23,25). The predicted molar refractivity (Wildman–Crippen MR) is 107 cm³/mol. The van der Waals surface area contributed by atoms with E-state index in [4.69, 9.17) is 21.1 Å². The molecule has 1 aliphatic rings. The van der Waals surface area contributed by atoms with Gasteiger partial charge >= 0.3 is 0 Å². The smallest absolute Gasteiger partial charge is 0.251 e. The Kier molecular flexibility index (Phi) is 6.96. The van der Waals surface area contributed by atoms with Crippen LogP contribution in [0.5, 0.6) is 11.5 Å². The lowest BCUT2D eigenvalue weighted by Crippen LogP contribution is -2.33. The van der Waals surface area contributed by atoms with Crippen molar-refractivity contribution in [3.63, 3.8) is 0 Å². The Morgan fingerprint density at radius 1 is 1.11 bits per heavy atom. The largest absolute Gasteiger partial charge is 0.493 e. The molecule has 3 rings (SSSR count). The summed E-state index contributed by atoms with van der Waals surface area (Å²) >= 11 is 5.90. The van der Waals surface area contributed by atoms with Crippen molar-refractivity contribution in [2.24, 2.45) is 0 Å². The van der Waals surface area contributed by atoms with E-state index in [2.05, 4.69) is 10.2 Å². The number of methoxy groups -OCH3 is 1. The van der Waals surface area contributed by atoms with E-state index in [9.17, 15) is 4.79 Å². The third kappa shape index (κ3) is 5.62. The molecule has 0 radical (unpaired) electrons. The maximum Gasteiger partial charge on any atom is 0.251 e. The topological polar surface area (TPSA) is 50.8 Å². The minimum atomic E-state index is -0.100. The van der Waals surface area contributed by atoms with E-state index in [-0.39, 0.29) is 5.91 Å². The maximum absolute atomic E-state index is 12.4. The number of hydrogen-bond donors (Lipinski definition) is 1. The molecule has 5 nitrogen and oxygen atoms in total. The van der Waals surface area contributed by atoms with Crippen molar-refractivity contribution in [1.82, 2.24) is 10.2 Å². The van der Waals surface area contributed by atoms with Crippen LogP contribution >= 0.6 is 11.6 Å². The van der Waals surface area contributed by atoms with Crippen LogP contribution in [0.25, 0.3) is 0 Å². The van der Waals surface area contributed by atoms with Gasteiger partial charge in [-0.25, -0.2) is 0 Å². The van der Waals surface area contributed by atoms with Gasteiger partial charge in [0.25, 0.3) is 5.91 Å². The lowest BCUT2D eigenvalue weighted by molar-refractivity contribution is 0.0949. The van der Waals surface area contributed by atoms with Crippen molar-refractivity contribution < 1.29 is 14.3 Å². The van der Waals surface area contributed by atoms with Gasteiger partial charge in [-0.1, -0.05) is 23.7 Å². The van der Waals surface area contributed by atoms with Gasteiger partial charge in [0, 0.05) is 23.7 Å². The first-order valence-corrected chi connectivity index (χ1v) is 9.59. The number of carbonyl (C=O) groups is 1. The van der Waals surface area contributed by atoms with Gasteiger partial charge in [-0.3, -0.25) is 4.79 Å². The second kappa shape index (κ2) is 9.62. The van der Waals surface area contributed by atoms with Crippen molar-refractivity contribution in [2.75, 3.05) is 33.3 Å². The quantitative estimate of drug-likeness (QED) is 0.748. The normalized spacial score (nSPS) is 14.1.